The van der Waals surface area contributed by atoms with Crippen LogP contribution in [-0.4, -0.2) is 54.6 Å². The van der Waals surface area contributed by atoms with Crippen molar-refractivity contribution in [1.29, 1.82) is 0 Å². The van der Waals surface area contributed by atoms with Crippen LogP contribution in [0.25, 0.3) is 0 Å². The van der Waals surface area contributed by atoms with Gasteiger partial charge >= 0.3 is 12.0 Å². The monoisotopic (exact) mass is 510 g/mol. The van der Waals surface area contributed by atoms with E-state index in [2.05, 4.69) is 10.6 Å². The second-order valence-corrected chi connectivity index (χ2v) is 9.48. The molecule has 1 heterocycles. The van der Waals surface area contributed by atoms with Gasteiger partial charge in [-0.2, -0.15) is 0 Å². The van der Waals surface area contributed by atoms with Crippen LogP contribution < -0.4 is 24.8 Å². The minimum absolute atomic E-state index is 0.0707. The van der Waals surface area contributed by atoms with E-state index in [9.17, 15) is 18.0 Å². The van der Waals surface area contributed by atoms with Crippen LogP contribution >= 0.6 is 11.6 Å². The molecule has 182 valence electrons. The lowest BCUT2D eigenvalue weighted by molar-refractivity contribution is -0.136. The maximum atomic E-state index is 13.3. The van der Waals surface area contributed by atoms with E-state index in [4.69, 9.17) is 30.5 Å². The van der Waals surface area contributed by atoms with Crippen molar-refractivity contribution in [1.82, 2.24) is 10.6 Å². The van der Waals surface area contributed by atoms with E-state index >= 15 is 0 Å². The topological polar surface area (TPSA) is 129 Å². The SMILES string of the molecule is COC(=O)C1=C(CS(=O)(=O)c2cc(Cl)ccc2OC)NC(=O)N[C@@H]1c1ccc(OC)c(OC)c1. The number of halogens is 1. The molecule has 0 saturated heterocycles. The zero-order valence-corrected chi connectivity index (χ0v) is 20.4. The lowest BCUT2D eigenvalue weighted by atomic mass is 9.95. The molecule has 0 saturated carbocycles. The van der Waals surface area contributed by atoms with Gasteiger partial charge in [0, 0.05) is 10.7 Å². The first-order valence-corrected chi connectivity index (χ1v) is 11.8. The Morgan fingerprint density at radius 2 is 1.62 bits per heavy atom. The molecule has 1 aliphatic heterocycles. The molecule has 0 radical (unpaired) electrons. The number of urea groups is 1. The van der Waals surface area contributed by atoms with Gasteiger partial charge in [-0.3, -0.25) is 0 Å². The summed E-state index contributed by atoms with van der Waals surface area (Å²) in [6.07, 6.45) is 0. The van der Waals surface area contributed by atoms with Gasteiger partial charge in [0.1, 0.15) is 10.6 Å². The molecule has 0 aliphatic carbocycles. The summed E-state index contributed by atoms with van der Waals surface area (Å²) in [5.41, 5.74) is 0.222. The number of hydrogen-bond donors (Lipinski definition) is 2. The van der Waals surface area contributed by atoms with Crippen LogP contribution in [0.5, 0.6) is 17.2 Å². The number of benzene rings is 2. The standard InChI is InChI=1S/C22H23ClN2O8S/c1-30-15-7-5-12(9-17(15)32-3)20-19(21(26)33-4)14(24-22(27)25-20)11-34(28,29)18-10-13(23)6-8-16(18)31-2/h5-10,20H,11H2,1-4H3,(H2,24,25,27)/t20-/m1/s1. The molecule has 0 unspecified atom stereocenters. The Balaban J connectivity index is 2.15. The van der Waals surface area contributed by atoms with Gasteiger partial charge < -0.3 is 29.6 Å². The van der Waals surface area contributed by atoms with Gasteiger partial charge in [0.15, 0.2) is 21.3 Å². The molecule has 2 aromatic rings. The lowest BCUT2D eigenvalue weighted by Gasteiger charge is -2.29. The number of carbonyl (C=O) groups is 2. The minimum Gasteiger partial charge on any atom is -0.495 e. The van der Waals surface area contributed by atoms with Crippen LogP contribution in [-0.2, 0) is 19.4 Å². The molecule has 2 aromatic carbocycles. The molecule has 0 aromatic heterocycles. The summed E-state index contributed by atoms with van der Waals surface area (Å²) in [6, 6.07) is 7.21. The molecule has 1 atom stereocenters. The number of rotatable bonds is 8. The van der Waals surface area contributed by atoms with Crippen molar-refractivity contribution < 1.29 is 37.0 Å². The average molecular weight is 511 g/mol. The third kappa shape index (κ3) is 5.05. The molecule has 34 heavy (non-hydrogen) atoms. The van der Waals surface area contributed by atoms with Crippen LogP contribution in [0, 0.1) is 0 Å². The van der Waals surface area contributed by atoms with E-state index in [0.717, 1.165) is 7.11 Å². The van der Waals surface area contributed by atoms with E-state index in [1.54, 1.807) is 18.2 Å². The van der Waals surface area contributed by atoms with Crippen molar-refractivity contribution in [3.05, 3.63) is 58.3 Å². The normalized spacial score (nSPS) is 15.8. The molecular weight excluding hydrogens is 488 g/mol. The minimum atomic E-state index is -4.11. The molecule has 3 rings (SSSR count). The van der Waals surface area contributed by atoms with Crippen LogP contribution in [0.15, 0.2) is 52.6 Å². The third-order valence-corrected chi connectivity index (χ3v) is 6.99. The quantitative estimate of drug-likeness (QED) is 0.518. The van der Waals surface area contributed by atoms with Gasteiger partial charge in [-0.1, -0.05) is 17.7 Å². The fraction of sp³-hybridized carbons (Fsp3) is 0.273. The summed E-state index contributed by atoms with van der Waals surface area (Å²) < 4.78 is 47.2. The largest absolute Gasteiger partial charge is 0.495 e. The first kappa shape index (κ1) is 25.2. The van der Waals surface area contributed by atoms with Gasteiger partial charge in [0.25, 0.3) is 0 Å². The second-order valence-electron chi connectivity index (χ2n) is 7.08. The molecular formula is C22H23ClN2O8S. The summed E-state index contributed by atoms with van der Waals surface area (Å²) in [7, 11) is 1.27. The first-order chi connectivity index (χ1) is 16.1. The van der Waals surface area contributed by atoms with Gasteiger partial charge in [-0.05, 0) is 35.9 Å². The molecule has 0 fully saturated rings. The summed E-state index contributed by atoms with van der Waals surface area (Å²) in [5, 5.41) is 5.24. The van der Waals surface area contributed by atoms with Crippen molar-refractivity contribution >= 4 is 33.4 Å². The van der Waals surface area contributed by atoms with Gasteiger partial charge in [0.05, 0.1) is 45.8 Å². The average Bonchev–Trinajstić information content (AvgIpc) is 2.82. The highest BCUT2D eigenvalue weighted by Crippen LogP contribution is 2.36. The molecule has 0 spiro atoms. The van der Waals surface area contributed by atoms with E-state index in [-0.39, 0.29) is 26.9 Å². The van der Waals surface area contributed by atoms with E-state index in [0.29, 0.717) is 17.1 Å². The zero-order chi connectivity index (χ0) is 25.0. The van der Waals surface area contributed by atoms with E-state index < -0.39 is 33.6 Å². The smallest absolute Gasteiger partial charge is 0.338 e. The summed E-state index contributed by atoms with van der Waals surface area (Å²) in [4.78, 5) is 25.1. The van der Waals surface area contributed by atoms with Crippen molar-refractivity contribution in [2.24, 2.45) is 0 Å². The molecule has 10 nitrogen and oxygen atoms in total. The van der Waals surface area contributed by atoms with Crippen LogP contribution in [0.1, 0.15) is 11.6 Å². The third-order valence-electron chi connectivity index (χ3n) is 5.09. The van der Waals surface area contributed by atoms with E-state index in [1.807, 2.05) is 0 Å². The highest BCUT2D eigenvalue weighted by molar-refractivity contribution is 7.91. The molecule has 2 N–H and O–H groups in total. The summed E-state index contributed by atoms with van der Waals surface area (Å²) >= 11 is 6.00. The maximum Gasteiger partial charge on any atom is 0.338 e. The number of methoxy groups -OCH3 is 4. The number of nitrogens with one attached hydrogen (secondary N) is 2. The maximum absolute atomic E-state index is 13.3. The predicted octanol–water partition coefficient (Wildman–Crippen LogP) is 2.62. The number of carbonyl (C=O) groups excluding carboxylic acids is 2. The Bertz CT molecular complexity index is 1260. The second kappa shape index (κ2) is 10.2. The molecule has 0 bridgehead atoms. The highest BCUT2D eigenvalue weighted by Gasteiger charge is 2.36. The zero-order valence-electron chi connectivity index (χ0n) is 18.8. The molecule has 2 amide bonds. The van der Waals surface area contributed by atoms with Crippen molar-refractivity contribution in [3.63, 3.8) is 0 Å². The van der Waals surface area contributed by atoms with Crippen LogP contribution in [0.4, 0.5) is 4.79 Å². The fourth-order valence-corrected chi connectivity index (χ4v) is 5.29. The number of ether oxygens (including phenoxy) is 4. The predicted molar refractivity (Wildman–Crippen MR) is 123 cm³/mol. The number of sulfone groups is 1. The summed E-state index contributed by atoms with van der Waals surface area (Å²) in [5.74, 6) is -0.677. The number of esters is 1. The first-order valence-electron chi connectivity index (χ1n) is 9.82. The Hall–Kier alpha value is -3.44. The van der Waals surface area contributed by atoms with Gasteiger partial charge in [0.2, 0.25) is 0 Å². The van der Waals surface area contributed by atoms with Crippen molar-refractivity contribution in [3.8, 4) is 17.2 Å². The number of amides is 2. The highest BCUT2D eigenvalue weighted by atomic mass is 35.5. The van der Waals surface area contributed by atoms with Gasteiger partial charge in [-0.25, -0.2) is 18.0 Å². The Morgan fingerprint density at radius 3 is 2.24 bits per heavy atom. The fourth-order valence-electron chi connectivity index (χ4n) is 3.53. The summed E-state index contributed by atoms with van der Waals surface area (Å²) in [6.45, 7) is 0. The van der Waals surface area contributed by atoms with E-state index in [1.165, 1.54) is 39.5 Å². The van der Waals surface area contributed by atoms with Gasteiger partial charge in [-0.15, -0.1) is 0 Å². The molecule has 1 aliphatic rings. The van der Waals surface area contributed by atoms with Crippen LogP contribution in [0.2, 0.25) is 5.02 Å². The number of hydrogen-bond acceptors (Lipinski definition) is 8. The Labute approximate surface area is 201 Å². The Kier molecular flexibility index (Phi) is 7.57. The lowest BCUT2D eigenvalue weighted by Crippen LogP contribution is -2.47. The van der Waals surface area contributed by atoms with Crippen molar-refractivity contribution in [2.45, 2.75) is 10.9 Å². The molecule has 12 heteroatoms. The van der Waals surface area contributed by atoms with Crippen LogP contribution in [0.3, 0.4) is 0 Å². The van der Waals surface area contributed by atoms with Crippen molar-refractivity contribution in [2.75, 3.05) is 34.2 Å². The Morgan fingerprint density at radius 1 is 0.971 bits per heavy atom.